The highest BCUT2D eigenvalue weighted by Gasteiger charge is 2.41. The first-order chi connectivity index (χ1) is 8.38. The lowest BCUT2D eigenvalue weighted by Crippen LogP contribution is -2.34. The smallest absolute Gasteiger partial charge is 0.330 e. The fourth-order valence-electron chi connectivity index (χ4n) is 1.51. The number of alkyl halides is 4. The molecule has 0 aliphatic rings. The van der Waals surface area contributed by atoms with Crippen LogP contribution in [-0.4, -0.2) is 25.5 Å². The van der Waals surface area contributed by atoms with Crippen LogP contribution >= 0.6 is 0 Å². The molecule has 0 aromatic heterocycles. The molecule has 2 N–H and O–H groups in total. The van der Waals surface area contributed by atoms with Crippen LogP contribution < -0.4 is 5.73 Å². The van der Waals surface area contributed by atoms with Gasteiger partial charge in [-0.15, -0.1) is 0 Å². The van der Waals surface area contributed by atoms with Crippen LogP contribution in [0, 0.1) is 6.92 Å². The molecule has 0 aliphatic carbocycles. The van der Waals surface area contributed by atoms with E-state index in [1.165, 1.54) is 0 Å². The standard InChI is InChI=1S/C12H15F4NO/c1-8-4-2-3-5-9(8)10(6-17)18-7-12(15,16)11(13)14/h2-5,10-11H,6-7,17H2,1H3. The minimum Gasteiger partial charge on any atom is -0.366 e. The Balaban J connectivity index is 2.72. The lowest BCUT2D eigenvalue weighted by molar-refractivity contribution is -0.175. The second-order valence-corrected chi connectivity index (χ2v) is 3.95. The Kier molecular flexibility index (Phi) is 5.10. The first-order valence-corrected chi connectivity index (χ1v) is 5.41. The van der Waals surface area contributed by atoms with E-state index in [-0.39, 0.29) is 6.54 Å². The Hall–Kier alpha value is -1.14. The predicted molar refractivity (Wildman–Crippen MR) is 59.9 cm³/mol. The van der Waals surface area contributed by atoms with Crippen molar-refractivity contribution in [3.63, 3.8) is 0 Å². The van der Waals surface area contributed by atoms with Gasteiger partial charge in [-0.1, -0.05) is 24.3 Å². The van der Waals surface area contributed by atoms with Crippen LogP contribution in [0.2, 0.25) is 0 Å². The molecule has 0 spiro atoms. The average molecular weight is 265 g/mol. The summed E-state index contributed by atoms with van der Waals surface area (Å²) < 4.78 is 54.3. The summed E-state index contributed by atoms with van der Waals surface area (Å²) in [6, 6.07) is 6.93. The van der Waals surface area contributed by atoms with E-state index < -0.39 is 25.1 Å². The molecule has 0 radical (unpaired) electrons. The van der Waals surface area contributed by atoms with Gasteiger partial charge in [0.1, 0.15) is 6.61 Å². The van der Waals surface area contributed by atoms with E-state index in [0.29, 0.717) is 5.56 Å². The number of hydrogen-bond acceptors (Lipinski definition) is 2. The lowest BCUT2D eigenvalue weighted by atomic mass is 10.0. The molecular formula is C12H15F4NO. The quantitative estimate of drug-likeness (QED) is 0.803. The Morgan fingerprint density at radius 3 is 2.39 bits per heavy atom. The van der Waals surface area contributed by atoms with E-state index >= 15 is 0 Å². The molecule has 2 nitrogen and oxygen atoms in total. The summed E-state index contributed by atoms with van der Waals surface area (Å²) in [4.78, 5) is 0. The van der Waals surface area contributed by atoms with Gasteiger partial charge in [0, 0.05) is 6.54 Å². The molecule has 1 atom stereocenters. The van der Waals surface area contributed by atoms with Crippen molar-refractivity contribution in [3.8, 4) is 0 Å². The van der Waals surface area contributed by atoms with Crippen molar-refractivity contribution < 1.29 is 22.3 Å². The molecule has 1 rings (SSSR count). The third-order valence-corrected chi connectivity index (χ3v) is 2.55. The Bertz CT molecular complexity index is 384. The van der Waals surface area contributed by atoms with Gasteiger partial charge in [-0.05, 0) is 18.1 Å². The molecule has 6 heteroatoms. The van der Waals surface area contributed by atoms with Crippen molar-refractivity contribution in [1.82, 2.24) is 0 Å². The van der Waals surface area contributed by atoms with Crippen LogP contribution in [-0.2, 0) is 4.74 Å². The lowest BCUT2D eigenvalue weighted by Gasteiger charge is -2.22. The second-order valence-electron chi connectivity index (χ2n) is 3.95. The molecule has 0 amide bonds. The summed E-state index contributed by atoms with van der Waals surface area (Å²) in [7, 11) is 0. The highest BCUT2D eigenvalue weighted by Crippen LogP contribution is 2.27. The number of benzene rings is 1. The number of ether oxygens (including phenoxy) is 1. The second kappa shape index (κ2) is 6.15. The zero-order chi connectivity index (χ0) is 13.8. The summed E-state index contributed by atoms with van der Waals surface area (Å²) >= 11 is 0. The number of rotatable bonds is 6. The van der Waals surface area contributed by atoms with Gasteiger partial charge < -0.3 is 10.5 Å². The maximum absolute atomic E-state index is 12.7. The van der Waals surface area contributed by atoms with Gasteiger partial charge in [0.2, 0.25) is 0 Å². The fraction of sp³-hybridized carbons (Fsp3) is 0.500. The van der Waals surface area contributed by atoms with Gasteiger partial charge in [0.25, 0.3) is 0 Å². The molecule has 0 saturated heterocycles. The highest BCUT2D eigenvalue weighted by molar-refractivity contribution is 5.28. The van der Waals surface area contributed by atoms with Crippen molar-refractivity contribution in [3.05, 3.63) is 35.4 Å². The topological polar surface area (TPSA) is 35.2 Å². The summed E-state index contributed by atoms with van der Waals surface area (Å²) in [6.07, 6.45) is -4.55. The van der Waals surface area contributed by atoms with E-state index in [2.05, 4.69) is 0 Å². The van der Waals surface area contributed by atoms with Crippen molar-refractivity contribution in [2.45, 2.75) is 25.4 Å². The Labute approximate surface area is 103 Å². The van der Waals surface area contributed by atoms with E-state index in [1.54, 1.807) is 31.2 Å². The maximum Gasteiger partial charge on any atom is 0.330 e. The Morgan fingerprint density at radius 2 is 1.89 bits per heavy atom. The van der Waals surface area contributed by atoms with Gasteiger partial charge in [-0.3, -0.25) is 0 Å². The molecular weight excluding hydrogens is 250 g/mol. The van der Waals surface area contributed by atoms with Crippen molar-refractivity contribution in [1.29, 1.82) is 0 Å². The Morgan fingerprint density at radius 1 is 1.28 bits per heavy atom. The zero-order valence-electron chi connectivity index (χ0n) is 9.88. The monoisotopic (exact) mass is 265 g/mol. The number of aryl methyl sites for hydroxylation is 1. The molecule has 102 valence electrons. The zero-order valence-corrected chi connectivity index (χ0v) is 9.88. The molecule has 0 fully saturated rings. The van der Waals surface area contributed by atoms with E-state index in [0.717, 1.165) is 5.56 Å². The van der Waals surface area contributed by atoms with Crippen LogP contribution in [0.15, 0.2) is 24.3 Å². The third kappa shape index (κ3) is 3.68. The molecule has 1 aromatic rings. The van der Waals surface area contributed by atoms with Gasteiger partial charge in [0.15, 0.2) is 0 Å². The fourth-order valence-corrected chi connectivity index (χ4v) is 1.51. The molecule has 0 heterocycles. The molecule has 0 saturated carbocycles. The van der Waals surface area contributed by atoms with Gasteiger partial charge in [-0.2, -0.15) is 8.78 Å². The first kappa shape index (κ1) is 14.9. The van der Waals surface area contributed by atoms with Crippen LogP contribution in [0.4, 0.5) is 17.6 Å². The number of nitrogens with two attached hydrogens (primary N) is 1. The van der Waals surface area contributed by atoms with Crippen molar-refractivity contribution in [2.75, 3.05) is 13.2 Å². The van der Waals surface area contributed by atoms with Crippen molar-refractivity contribution in [2.24, 2.45) is 5.73 Å². The van der Waals surface area contributed by atoms with E-state index in [9.17, 15) is 17.6 Å². The summed E-state index contributed by atoms with van der Waals surface area (Å²) in [6.45, 7) is 0.373. The molecule has 0 bridgehead atoms. The van der Waals surface area contributed by atoms with Crippen LogP contribution in [0.1, 0.15) is 17.2 Å². The largest absolute Gasteiger partial charge is 0.366 e. The SMILES string of the molecule is Cc1ccccc1C(CN)OCC(F)(F)C(F)F. The maximum atomic E-state index is 12.7. The third-order valence-electron chi connectivity index (χ3n) is 2.55. The van der Waals surface area contributed by atoms with Gasteiger partial charge in [-0.25, -0.2) is 8.78 Å². The minimum absolute atomic E-state index is 0.0514. The van der Waals surface area contributed by atoms with Crippen LogP contribution in [0.5, 0.6) is 0 Å². The average Bonchev–Trinajstić information content (AvgIpc) is 2.31. The first-order valence-electron chi connectivity index (χ1n) is 5.41. The van der Waals surface area contributed by atoms with Gasteiger partial charge >= 0.3 is 12.3 Å². The predicted octanol–water partition coefficient (Wildman–Crippen LogP) is 2.91. The summed E-state index contributed by atoms with van der Waals surface area (Å²) in [5.74, 6) is -4.16. The van der Waals surface area contributed by atoms with Crippen LogP contribution in [0.25, 0.3) is 0 Å². The number of hydrogen-bond donors (Lipinski definition) is 1. The van der Waals surface area contributed by atoms with E-state index in [4.69, 9.17) is 10.5 Å². The minimum atomic E-state index is -4.16. The molecule has 18 heavy (non-hydrogen) atoms. The van der Waals surface area contributed by atoms with Crippen molar-refractivity contribution >= 4 is 0 Å². The molecule has 1 unspecified atom stereocenters. The molecule has 1 aromatic carbocycles. The van der Waals surface area contributed by atoms with Crippen LogP contribution in [0.3, 0.4) is 0 Å². The summed E-state index contributed by atoms with van der Waals surface area (Å²) in [5, 5.41) is 0. The summed E-state index contributed by atoms with van der Waals surface area (Å²) in [5.41, 5.74) is 6.86. The van der Waals surface area contributed by atoms with E-state index in [1.807, 2.05) is 0 Å². The normalized spacial score (nSPS) is 13.9. The highest BCUT2D eigenvalue weighted by atomic mass is 19.3. The number of halogens is 4. The molecule has 0 aliphatic heterocycles. The van der Waals surface area contributed by atoms with Gasteiger partial charge in [0.05, 0.1) is 6.10 Å².